The molecule has 0 aromatic heterocycles. The maximum absolute atomic E-state index is 5.60. The summed E-state index contributed by atoms with van der Waals surface area (Å²) in [5.41, 5.74) is 0.536. The van der Waals surface area contributed by atoms with Crippen LogP contribution in [0.2, 0.25) is 0 Å². The molecule has 0 heterocycles. The lowest BCUT2D eigenvalue weighted by atomic mass is 9.69. The Balaban J connectivity index is 2.07. The minimum Gasteiger partial charge on any atom is -0.380 e. The molecule has 1 fully saturated rings. The van der Waals surface area contributed by atoms with Crippen LogP contribution in [0.4, 0.5) is 0 Å². The molecule has 2 heteroatoms. The Labute approximate surface area is 120 Å². The van der Waals surface area contributed by atoms with E-state index in [1.54, 1.807) is 0 Å². The Morgan fingerprint density at radius 3 is 2.32 bits per heavy atom. The Bertz CT molecular complexity index is 219. The van der Waals surface area contributed by atoms with Crippen molar-refractivity contribution in [1.29, 1.82) is 0 Å². The van der Waals surface area contributed by atoms with Crippen LogP contribution in [0.25, 0.3) is 0 Å². The van der Waals surface area contributed by atoms with E-state index in [0.717, 1.165) is 31.7 Å². The summed E-state index contributed by atoms with van der Waals surface area (Å²) in [6.45, 7) is 12.2. The Hall–Kier alpha value is -0.0800. The van der Waals surface area contributed by atoms with Gasteiger partial charge >= 0.3 is 0 Å². The first kappa shape index (κ1) is 17.0. The lowest BCUT2D eigenvalue weighted by Gasteiger charge is -2.39. The van der Waals surface area contributed by atoms with Crippen LogP contribution in [-0.2, 0) is 4.74 Å². The predicted octanol–water partition coefficient (Wildman–Crippen LogP) is 4.39. The monoisotopic (exact) mass is 269 g/mol. The van der Waals surface area contributed by atoms with E-state index in [-0.39, 0.29) is 0 Å². The van der Waals surface area contributed by atoms with Gasteiger partial charge in [0.2, 0.25) is 0 Å². The first-order valence-corrected chi connectivity index (χ1v) is 8.41. The zero-order valence-corrected chi connectivity index (χ0v) is 13.6. The zero-order chi connectivity index (χ0) is 14.1. The molecule has 2 nitrogen and oxygen atoms in total. The third-order valence-electron chi connectivity index (χ3n) is 5.07. The zero-order valence-electron chi connectivity index (χ0n) is 13.6. The van der Waals surface area contributed by atoms with Crippen molar-refractivity contribution < 1.29 is 4.74 Å². The van der Waals surface area contributed by atoms with Gasteiger partial charge in [-0.25, -0.2) is 0 Å². The fraction of sp³-hybridized carbons (Fsp3) is 1.00. The molecule has 114 valence electrons. The Morgan fingerprint density at radius 1 is 1.05 bits per heavy atom. The van der Waals surface area contributed by atoms with E-state index in [9.17, 15) is 0 Å². The highest BCUT2D eigenvalue weighted by molar-refractivity contribution is 4.84. The summed E-state index contributed by atoms with van der Waals surface area (Å²) in [4.78, 5) is 0. The smallest absolute Gasteiger partial charge is 0.0590 e. The first-order valence-electron chi connectivity index (χ1n) is 8.41. The normalized spacial score (nSPS) is 24.6. The van der Waals surface area contributed by atoms with Gasteiger partial charge in [-0.1, -0.05) is 40.5 Å². The molecule has 1 N–H and O–H groups in total. The summed E-state index contributed by atoms with van der Waals surface area (Å²) in [5, 5.41) is 3.66. The molecule has 0 atom stereocenters. The second kappa shape index (κ2) is 8.97. The second-order valence-corrected chi connectivity index (χ2v) is 6.81. The van der Waals surface area contributed by atoms with Gasteiger partial charge in [-0.2, -0.15) is 0 Å². The van der Waals surface area contributed by atoms with Crippen LogP contribution in [0.5, 0.6) is 0 Å². The van der Waals surface area contributed by atoms with Gasteiger partial charge in [0.05, 0.1) is 6.61 Å². The summed E-state index contributed by atoms with van der Waals surface area (Å²) in [7, 11) is 0. The summed E-state index contributed by atoms with van der Waals surface area (Å²) in [5.74, 6) is 0.927. The molecule has 1 saturated carbocycles. The molecule has 1 aliphatic carbocycles. The van der Waals surface area contributed by atoms with Crippen LogP contribution in [0.3, 0.4) is 0 Å². The quantitative estimate of drug-likeness (QED) is 0.627. The van der Waals surface area contributed by atoms with Crippen molar-refractivity contribution in [3.8, 4) is 0 Å². The van der Waals surface area contributed by atoms with Gasteiger partial charge in [0, 0.05) is 19.2 Å². The molecule has 0 spiro atoms. The fourth-order valence-corrected chi connectivity index (χ4v) is 3.05. The minimum absolute atomic E-state index is 0.536. The van der Waals surface area contributed by atoms with E-state index in [0.29, 0.717) is 5.41 Å². The SMILES string of the molecule is CCCCOCCNC1CCC(C(C)(C)CC)CC1. The van der Waals surface area contributed by atoms with Gasteiger partial charge in [0.1, 0.15) is 0 Å². The number of hydrogen-bond acceptors (Lipinski definition) is 2. The van der Waals surface area contributed by atoms with Crippen molar-refractivity contribution in [3.63, 3.8) is 0 Å². The molecule has 0 bridgehead atoms. The summed E-state index contributed by atoms with van der Waals surface area (Å²) in [6, 6.07) is 0.735. The van der Waals surface area contributed by atoms with E-state index in [1.807, 2.05) is 0 Å². The van der Waals surface area contributed by atoms with Crippen LogP contribution < -0.4 is 5.32 Å². The number of unbranched alkanes of at least 4 members (excludes halogenated alkanes) is 1. The van der Waals surface area contributed by atoms with E-state index in [4.69, 9.17) is 4.74 Å². The van der Waals surface area contributed by atoms with E-state index in [1.165, 1.54) is 44.9 Å². The molecule has 1 aliphatic rings. The Kier molecular flexibility index (Phi) is 8.01. The van der Waals surface area contributed by atoms with Crippen molar-refractivity contribution >= 4 is 0 Å². The minimum atomic E-state index is 0.536. The van der Waals surface area contributed by atoms with Crippen molar-refractivity contribution in [2.75, 3.05) is 19.8 Å². The number of hydrogen-bond donors (Lipinski definition) is 1. The van der Waals surface area contributed by atoms with Crippen LogP contribution in [0, 0.1) is 11.3 Å². The van der Waals surface area contributed by atoms with Crippen LogP contribution in [-0.4, -0.2) is 25.8 Å². The lowest BCUT2D eigenvalue weighted by molar-refractivity contribution is 0.116. The third kappa shape index (κ3) is 6.27. The Morgan fingerprint density at radius 2 is 1.74 bits per heavy atom. The molecule has 0 amide bonds. The van der Waals surface area contributed by atoms with Gasteiger partial charge in [0.25, 0.3) is 0 Å². The van der Waals surface area contributed by atoms with Crippen LogP contribution >= 0.6 is 0 Å². The maximum Gasteiger partial charge on any atom is 0.0590 e. The molecular formula is C17H35NO. The predicted molar refractivity (Wildman–Crippen MR) is 83.5 cm³/mol. The highest BCUT2D eigenvalue weighted by Gasteiger charge is 2.31. The third-order valence-corrected chi connectivity index (χ3v) is 5.07. The van der Waals surface area contributed by atoms with Crippen LogP contribution in [0.15, 0.2) is 0 Å². The average molecular weight is 269 g/mol. The molecule has 0 radical (unpaired) electrons. The van der Waals surface area contributed by atoms with Gasteiger partial charge < -0.3 is 10.1 Å². The molecular weight excluding hydrogens is 234 g/mol. The van der Waals surface area contributed by atoms with Crippen molar-refractivity contribution in [2.24, 2.45) is 11.3 Å². The van der Waals surface area contributed by atoms with E-state index >= 15 is 0 Å². The first-order chi connectivity index (χ1) is 9.10. The van der Waals surface area contributed by atoms with Gasteiger partial charge in [0.15, 0.2) is 0 Å². The molecule has 0 saturated heterocycles. The number of rotatable bonds is 9. The van der Waals surface area contributed by atoms with Gasteiger partial charge in [-0.15, -0.1) is 0 Å². The van der Waals surface area contributed by atoms with Crippen molar-refractivity contribution in [3.05, 3.63) is 0 Å². The molecule has 1 rings (SSSR count). The molecule has 0 aliphatic heterocycles. The summed E-state index contributed by atoms with van der Waals surface area (Å²) in [6.07, 6.45) is 9.22. The lowest BCUT2D eigenvalue weighted by Crippen LogP contribution is -2.38. The standard InChI is InChI=1S/C17H35NO/c1-5-7-13-19-14-12-18-16-10-8-15(9-11-16)17(3,4)6-2/h15-16,18H,5-14H2,1-4H3. The molecule has 19 heavy (non-hydrogen) atoms. The second-order valence-electron chi connectivity index (χ2n) is 6.81. The van der Waals surface area contributed by atoms with Crippen LogP contribution in [0.1, 0.15) is 72.6 Å². The highest BCUT2D eigenvalue weighted by atomic mass is 16.5. The average Bonchev–Trinajstić information content (AvgIpc) is 2.43. The molecule has 0 aromatic carbocycles. The topological polar surface area (TPSA) is 21.3 Å². The fourth-order valence-electron chi connectivity index (χ4n) is 3.05. The molecule has 0 aromatic rings. The van der Waals surface area contributed by atoms with Crippen molar-refractivity contribution in [2.45, 2.75) is 78.7 Å². The molecule has 0 unspecified atom stereocenters. The summed E-state index contributed by atoms with van der Waals surface area (Å²) < 4.78 is 5.60. The number of nitrogens with one attached hydrogen (secondary N) is 1. The highest BCUT2D eigenvalue weighted by Crippen LogP contribution is 2.40. The number of ether oxygens (including phenoxy) is 1. The van der Waals surface area contributed by atoms with E-state index in [2.05, 4.69) is 33.0 Å². The summed E-state index contributed by atoms with van der Waals surface area (Å²) >= 11 is 0. The largest absolute Gasteiger partial charge is 0.380 e. The van der Waals surface area contributed by atoms with Gasteiger partial charge in [-0.3, -0.25) is 0 Å². The van der Waals surface area contributed by atoms with E-state index < -0.39 is 0 Å². The van der Waals surface area contributed by atoms with Crippen molar-refractivity contribution in [1.82, 2.24) is 5.32 Å². The maximum atomic E-state index is 5.60. The van der Waals surface area contributed by atoms with Gasteiger partial charge in [-0.05, 0) is 43.4 Å².